The maximum absolute atomic E-state index is 10.7. The molecule has 0 radical (unpaired) electrons. The molecular formula is C7H7ClN4O3S. The number of aromatic nitrogens is 4. The van der Waals surface area contributed by atoms with Crippen molar-refractivity contribution in [1.29, 1.82) is 0 Å². The van der Waals surface area contributed by atoms with Crippen LogP contribution in [0.15, 0.2) is 6.07 Å². The van der Waals surface area contributed by atoms with Crippen LogP contribution in [0.2, 0.25) is 0 Å². The van der Waals surface area contributed by atoms with E-state index in [1.807, 2.05) is 0 Å². The Hall–Kier alpha value is -1.41. The molecule has 2 aromatic heterocycles. The van der Waals surface area contributed by atoms with Gasteiger partial charge in [-0.1, -0.05) is 0 Å². The minimum absolute atomic E-state index is 0.257. The average molecular weight is 263 g/mol. The fourth-order valence-electron chi connectivity index (χ4n) is 1.27. The normalized spacial score (nSPS) is 11.9. The van der Waals surface area contributed by atoms with Crippen molar-refractivity contribution >= 4 is 25.8 Å². The lowest BCUT2D eigenvalue weighted by Crippen LogP contribution is -2.01. The van der Waals surface area contributed by atoms with Gasteiger partial charge in [-0.25, -0.2) is 4.98 Å². The van der Waals surface area contributed by atoms with Crippen molar-refractivity contribution in [1.82, 2.24) is 19.6 Å². The van der Waals surface area contributed by atoms with Crippen LogP contribution in [0.4, 0.5) is 0 Å². The first-order valence-electron chi connectivity index (χ1n) is 4.20. The SMILES string of the molecule is Cc1cc(C)n2nc(OS(=O)(=O)Cl)nc2n1. The molecule has 2 heterocycles. The quantitative estimate of drug-likeness (QED) is 0.737. The van der Waals surface area contributed by atoms with Gasteiger partial charge < -0.3 is 4.18 Å². The maximum Gasteiger partial charge on any atom is 0.403 e. The minimum Gasteiger partial charge on any atom is -0.330 e. The highest BCUT2D eigenvalue weighted by molar-refractivity contribution is 8.10. The molecule has 2 aromatic rings. The second-order valence-electron chi connectivity index (χ2n) is 3.12. The Morgan fingerprint density at radius 1 is 1.38 bits per heavy atom. The Kier molecular flexibility index (Phi) is 2.47. The van der Waals surface area contributed by atoms with Crippen LogP contribution in [-0.2, 0) is 9.33 Å². The lowest BCUT2D eigenvalue weighted by Gasteiger charge is -1.96. The highest BCUT2D eigenvalue weighted by Crippen LogP contribution is 2.12. The number of hydrogen-bond donors (Lipinski definition) is 0. The van der Waals surface area contributed by atoms with Gasteiger partial charge in [0.05, 0.1) is 10.7 Å². The summed E-state index contributed by atoms with van der Waals surface area (Å²) < 4.78 is 27.0. The highest BCUT2D eigenvalue weighted by atomic mass is 35.7. The van der Waals surface area contributed by atoms with Crippen LogP contribution in [0.25, 0.3) is 5.78 Å². The Balaban J connectivity index is 2.56. The summed E-state index contributed by atoms with van der Waals surface area (Å²) in [6.07, 6.45) is 0. The van der Waals surface area contributed by atoms with Crippen LogP contribution >= 0.6 is 10.7 Å². The first-order valence-corrected chi connectivity index (χ1v) is 6.44. The highest BCUT2D eigenvalue weighted by Gasteiger charge is 2.14. The predicted octanol–water partition coefficient (Wildman–Crippen LogP) is 0.604. The lowest BCUT2D eigenvalue weighted by atomic mass is 10.4. The fourth-order valence-corrected chi connectivity index (χ4v) is 1.69. The average Bonchev–Trinajstić information content (AvgIpc) is 2.43. The molecule has 9 heteroatoms. The van der Waals surface area contributed by atoms with Gasteiger partial charge in [-0.3, -0.25) is 0 Å². The third-order valence-corrected chi connectivity index (χ3v) is 2.31. The molecule has 0 spiro atoms. The molecule has 0 bridgehead atoms. The molecule has 16 heavy (non-hydrogen) atoms. The van der Waals surface area contributed by atoms with Crippen LogP contribution in [0.5, 0.6) is 6.01 Å². The van der Waals surface area contributed by atoms with Gasteiger partial charge in [0.2, 0.25) is 0 Å². The van der Waals surface area contributed by atoms with Gasteiger partial charge in [0, 0.05) is 11.4 Å². The lowest BCUT2D eigenvalue weighted by molar-refractivity contribution is 0.480. The van der Waals surface area contributed by atoms with Crippen LogP contribution in [-0.4, -0.2) is 28.0 Å². The van der Waals surface area contributed by atoms with Crippen LogP contribution in [0.1, 0.15) is 11.4 Å². The van der Waals surface area contributed by atoms with Crippen molar-refractivity contribution in [2.75, 3.05) is 0 Å². The van der Waals surface area contributed by atoms with Crippen molar-refractivity contribution in [3.8, 4) is 6.01 Å². The molecule has 0 unspecified atom stereocenters. The largest absolute Gasteiger partial charge is 0.403 e. The van der Waals surface area contributed by atoms with E-state index in [2.05, 4.69) is 19.2 Å². The Morgan fingerprint density at radius 2 is 2.06 bits per heavy atom. The van der Waals surface area contributed by atoms with E-state index in [4.69, 9.17) is 10.7 Å². The summed E-state index contributed by atoms with van der Waals surface area (Å²) in [6, 6.07) is 1.43. The number of aryl methyl sites for hydroxylation is 2. The summed E-state index contributed by atoms with van der Waals surface area (Å²) in [5.74, 6) is 0.257. The molecule has 0 atom stereocenters. The van der Waals surface area contributed by atoms with Crippen molar-refractivity contribution in [2.24, 2.45) is 0 Å². The monoisotopic (exact) mass is 262 g/mol. The Morgan fingerprint density at radius 3 is 2.69 bits per heavy atom. The van der Waals surface area contributed by atoms with Gasteiger partial charge in [0.1, 0.15) is 0 Å². The summed E-state index contributed by atoms with van der Waals surface area (Å²) in [5.41, 5.74) is 1.51. The zero-order valence-electron chi connectivity index (χ0n) is 8.38. The number of fused-ring (bicyclic) bond motifs is 1. The first kappa shape index (κ1) is 11.1. The van der Waals surface area contributed by atoms with Gasteiger partial charge in [-0.2, -0.15) is 17.9 Å². The number of hydrogen-bond acceptors (Lipinski definition) is 6. The van der Waals surface area contributed by atoms with E-state index < -0.39 is 9.33 Å². The molecule has 0 aliphatic heterocycles. The zero-order valence-corrected chi connectivity index (χ0v) is 9.95. The number of rotatable bonds is 2. The topological polar surface area (TPSA) is 86.5 Å². The molecule has 0 N–H and O–H groups in total. The molecule has 0 saturated carbocycles. The van der Waals surface area contributed by atoms with Gasteiger partial charge in [-0.15, -0.1) is 5.10 Å². The van der Waals surface area contributed by atoms with Crippen molar-refractivity contribution in [3.63, 3.8) is 0 Å². The van der Waals surface area contributed by atoms with E-state index in [0.29, 0.717) is 0 Å². The number of halogens is 1. The molecule has 2 rings (SSSR count). The van der Waals surface area contributed by atoms with Gasteiger partial charge in [0.25, 0.3) is 5.78 Å². The molecule has 0 aliphatic rings. The first-order chi connectivity index (χ1) is 7.35. The summed E-state index contributed by atoms with van der Waals surface area (Å²) in [4.78, 5) is 7.83. The summed E-state index contributed by atoms with van der Waals surface area (Å²) in [5, 5.41) is 3.80. The van der Waals surface area contributed by atoms with Crippen LogP contribution < -0.4 is 4.18 Å². The van der Waals surface area contributed by atoms with Crippen molar-refractivity contribution in [2.45, 2.75) is 13.8 Å². The van der Waals surface area contributed by atoms with Crippen LogP contribution in [0.3, 0.4) is 0 Å². The molecule has 0 aromatic carbocycles. The second-order valence-corrected chi connectivity index (χ2v) is 5.21. The van der Waals surface area contributed by atoms with Gasteiger partial charge in [-0.05, 0) is 19.9 Å². The van der Waals surface area contributed by atoms with Crippen molar-refractivity contribution in [3.05, 3.63) is 17.5 Å². The van der Waals surface area contributed by atoms with E-state index in [-0.39, 0.29) is 11.8 Å². The Bertz CT molecular complexity index is 651. The van der Waals surface area contributed by atoms with E-state index in [1.165, 1.54) is 4.52 Å². The summed E-state index contributed by atoms with van der Waals surface area (Å²) in [7, 11) is 0.765. The molecule has 0 amide bonds. The van der Waals surface area contributed by atoms with Gasteiger partial charge in [0.15, 0.2) is 0 Å². The summed E-state index contributed by atoms with van der Waals surface area (Å²) in [6.45, 7) is 3.58. The number of nitrogens with zero attached hydrogens (tertiary/aromatic N) is 4. The van der Waals surface area contributed by atoms with Crippen LogP contribution in [0, 0.1) is 13.8 Å². The second kappa shape index (κ2) is 3.56. The molecule has 0 saturated heterocycles. The van der Waals surface area contributed by atoms with Crippen molar-refractivity contribution < 1.29 is 12.6 Å². The van der Waals surface area contributed by atoms with Gasteiger partial charge >= 0.3 is 15.3 Å². The molecule has 86 valence electrons. The van der Waals surface area contributed by atoms with E-state index in [9.17, 15) is 8.42 Å². The minimum atomic E-state index is -4.14. The van der Waals surface area contributed by atoms with E-state index >= 15 is 0 Å². The third-order valence-electron chi connectivity index (χ3n) is 1.77. The summed E-state index contributed by atoms with van der Waals surface area (Å²) >= 11 is 0. The standard InChI is InChI=1S/C7H7ClN4O3S/c1-4-3-5(2)12-6(9-4)10-7(11-12)15-16(8,13)14/h3H,1-2H3. The maximum atomic E-state index is 10.7. The molecule has 0 fully saturated rings. The predicted molar refractivity (Wildman–Crippen MR) is 55.7 cm³/mol. The zero-order chi connectivity index (χ0) is 11.9. The Labute approximate surface area is 95.7 Å². The van der Waals surface area contributed by atoms with E-state index in [1.54, 1.807) is 19.9 Å². The smallest absolute Gasteiger partial charge is 0.330 e. The molecular weight excluding hydrogens is 256 g/mol. The fraction of sp³-hybridized carbons (Fsp3) is 0.286. The third kappa shape index (κ3) is 2.22. The molecule has 0 aliphatic carbocycles. The molecule has 7 nitrogen and oxygen atoms in total. The van der Waals surface area contributed by atoms with E-state index in [0.717, 1.165) is 11.4 Å².